The Bertz CT molecular complexity index is 951. The second kappa shape index (κ2) is 5.75. The van der Waals surface area contributed by atoms with Gasteiger partial charge in [0, 0.05) is 18.0 Å². The molecule has 0 saturated heterocycles. The number of nitrogens with zero attached hydrogens (tertiary/aromatic N) is 3. The Balaban J connectivity index is 2.10. The fourth-order valence-electron chi connectivity index (χ4n) is 2.10. The van der Waals surface area contributed by atoms with E-state index in [4.69, 9.17) is 11.6 Å². The number of pyridine rings is 1. The second-order valence-electron chi connectivity index (χ2n) is 4.89. The van der Waals surface area contributed by atoms with Crippen molar-refractivity contribution in [2.24, 2.45) is 0 Å². The van der Waals surface area contributed by atoms with Gasteiger partial charge in [0.1, 0.15) is 18.0 Å². The molecule has 0 amide bonds. The molecule has 0 fully saturated rings. The fourth-order valence-corrected chi connectivity index (χ4v) is 2.90. The summed E-state index contributed by atoms with van der Waals surface area (Å²) in [6.45, 7) is 0. The number of sulfone groups is 1. The average molecular weight is 352 g/mol. The van der Waals surface area contributed by atoms with Gasteiger partial charge in [-0.05, 0) is 36.4 Å². The van der Waals surface area contributed by atoms with Crippen LogP contribution >= 0.6 is 11.6 Å². The summed E-state index contributed by atoms with van der Waals surface area (Å²) in [6, 6.07) is 8.83. The molecule has 0 N–H and O–H groups in total. The van der Waals surface area contributed by atoms with Crippen LogP contribution in [0.25, 0.3) is 17.1 Å². The molecule has 3 rings (SSSR count). The van der Waals surface area contributed by atoms with Crippen molar-refractivity contribution in [2.45, 2.75) is 4.90 Å². The van der Waals surface area contributed by atoms with Crippen molar-refractivity contribution in [3.05, 3.63) is 59.9 Å². The van der Waals surface area contributed by atoms with Crippen LogP contribution in [-0.4, -0.2) is 29.2 Å². The summed E-state index contributed by atoms with van der Waals surface area (Å²) in [5.74, 6) is 0.0997. The highest BCUT2D eigenvalue weighted by atomic mass is 35.5. The molecule has 3 aromatic rings. The van der Waals surface area contributed by atoms with Crippen LogP contribution in [0, 0.1) is 5.82 Å². The lowest BCUT2D eigenvalue weighted by atomic mass is 10.1. The number of benzene rings is 1. The minimum atomic E-state index is -3.32. The first-order valence-corrected chi connectivity index (χ1v) is 8.78. The molecule has 0 aliphatic rings. The van der Waals surface area contributed by atoms with E-state index in [9.17, 15) is 12.8 Å². The Kier molecular flexibility index (Phi) is 3.91. The first-order valence-electron chi connectivity index (χ1n) is 6.51. The molecule has 0 aliphatic heterocycles. The molecule has 2 aromatic heterocycles. The molecule has 0 radical (unpaired) electrons. The number of hydrogen-bond acceptors (Lipinski definition) is 4. The van der Waals surface area contributed by atoms with Gasteiger partial charge in [0.15, 0.2) is 15.0 Å². The Morgan fingerprint density at radius 2 is 1.78 bits per heavy atom. The van der Waals surface area contributed by atoms with Crippen LogP contribution in [-0.2, 0) is 9.84 Å². The molecule has 118 valence electrons. The predicted octanol–water partition coefficient (Wildman–Crippen LogP) is 3.13. The molecule has 2 heterocycles. The van der Waals surface area contributed by atoms with Crippen LogP contribution in [0.5, 0.6) is 0 Å². The van der Waals surface area contributed by atoms with Gasteiger partial charge >= 0.3 is 0 Å². The van der Waals surface area contributed by atoms with Crippen molar-refractivity contribution in [3.8, 4) is 17.1 Å². The topological polar surface area (TPSA) is 64.8 Å². The zero-order valence-electron chi connectivity index (χ0n) is 11.9. The first-order chi connectivity index (χ1) is 10.9. The van der Waals surface area contributed by atoms with Crippen molar-refractivity contribution in [3.63, 3.8) is 0 Å². The van der Waals surface area contributed by atoms with E-state index in [2.05, 4.69) is 9.97 Å². The van der Waals surface area contributed by atoms with Crippen LogP contribution in [0.15, 0.2) is 53.8 Å². The van der Waals surface area contributed by atoms with Gasteiger partial charge in [0.2, 0.25) is 0 Å². The van der Waals surface area contributed by atoms with E-state index >= 15 is 0 Å². The normalized spacial score (nSPS) is 11.6. The Hall–Kier alpha value is -2.25. The van der Waals surface area contributed by atoms with E-state index < -0.39 is 9.84 Å². The van der Waals surface area contributed by atoms with Crippen LogP contribution in [0.3, 0.4) is 0 Å². The van der Waals surface area contributed by atoms with E-state index in [1.807, 2.05) is 0 Å². The first kappa shape index (κ1) is 15.6. The zero-order valence-corrected chi connectivity index (χ0v) is 13.5. The van der Waals surface area contributed by atoms with Crippen molar-refractivity contribution >= 4 is 21.4 Å². The lowest BCUT2D eigenvalue weighted by Crippen LogP contribution is -2.02. The summed E-state index contributed by atoms with van der Waals surface area (Å²) in [4.78, 5) is 8.30. The van der Waals surface area contributed by atoms with Crippen molar-refractivity contribution in [2.75, 3.05) is 6.26 Å². The molecule has 0 saturated carbocycles. The Labute approximate surface area is 137 Å². The third-order valence-corrected chi connectivity index (χ3v) is 4.61. The van der Waals surface area contributed by atoms with Crippen molar-refractivity contribution < 1.29 is 12.8 Å². The Morgan fingerprint density at radius 1 is 1.09 bits per heavy atom. The highest BCUT2D eigenvalue weighted by Gasteiger charge is 2.15. The molecule has 0 bridgehead atoms. The SMILES string of the molecule is CS(=O)(=O)c1ccc(-n2cnc(Cl)c2-c2ccc(F)cc2)nc1. The zero-order chi connectivity index (χ0) is 16.6. The smallest absolute Gasteiger partial charge is 0.177 e. The molecule has 0 atom stereocenters. The van der Waals surface area contributed by atoms with Crippen LogP contribution < -0.4 is 0 Å². The van der Waals surface area contributed by atoms with Crippen LogP contribution in [0.1, 0.15) is 0 Å². The summed E-state index contributed by atoms with van der Waals surface area (Å²) in [7, 11) is -3.32. The molecule has 23 heavy (non-hydrogen) atoms. The lowest BCUT2D eigenvalue weighted by molar-refractivity contribution is 0.601. The maximum absolute atomic E-state index is 13.1. The lowest BCUT2D eigenvalue weighted by Gasteiger charge is -2.08. The number of aromatic nitrogens is 3. The second-order valence-corrected chi connectivity index (χ2v) is 7.26. The highest BCUT2D eigenvalue weighted by Crippen LogP contribution is 2.29. The van der Waals surface area contributed by atoms with Crippen molar-refractivity contribution in [1.82, 2.24) is 14.5 Å². The Morgan fingerprint density at radius 3 is 2.35 bits per heavy atom. The average Bonchev–Trinajstić information content (AvgIpc) is 2.89. The van der Waals surface area contributed by atoms with Gasteiger partial charge < -0.3 is 0 Å². The summed E-state index contributed by atoms with van der Waals surface area (Å²) in [6.07, 6.45) is 3.86. The predicted molar refractivity (Wildman–Crippen MR) is 84.9 cm³/mol. The molecular weight excluding hydrogens is 341 g/mol. The van der Waals surface area contributed by atoms with Gasteiger partial charge in [-0.3, -0.25) is 4.57 Å². The van der Waals surface area contributed by atoms with Gasteiger partial charge in [-0.15, -0.1) is 0 Å². The quantitative estimate of drug-likeness (QED) is 0.727. The van der Waals surface area contributed by atoms with Gasteiger partial charge in [0.05, 0.1) is 10.6 Å². The molecule has 8 heteroatoms. The van der Waals surface area contributed by atoms with E-state index in [1.54, 1.807) is 22.8 Å². The molecule has 0 spiro atoms. The van der Waals surface area contributed by atoms with Gasteiger partial charge in [-0.1, -0.05) is 11.6 Å². The monoisotopic (exact) mass is 351 g/mol. The van der Waals surface area contributed by atoms with E-state index in [0.29, 0.717) is 17.1 Å². The summed E-state index contributed by atoms with van der Waals surface area (Å²) in [5.41, 5.74) is 1.22. The van der Waals surface area contributed by atoms with Crippen molar-refractivity contribution in [1.29, 1.82) is 0 Å². The fraction of sp³-hybridized carbons (Fsp3) is 0.0667. The van der Waals surface area contributed by atoms with E-state index in [0.717, 1.165) is 6.26 Å². The van der Waals surface area contributed by atoms with E-state index in [-0.39, 0.29) is 15.9 Å². The maximum atomic E-state index is 13.1. The van der Waals surface area contributed by atoms with Crippen LogP contribution in [0.4, 0.5) is 4.39 Å². The number of rotatable bonds is 3. The van der Waals surface area contributed by atoms with Gasteiger partial charge in [-0.2, -0.15) is 0 Å². The minimum Gasteiger partial charge on any atom is -0.281 e. The summed E-state index contributed by atoms with van der Waals surface area (Å²) in [5, 5.41) is 0.241. The molecule has 0 unspecified atom stereocenters. The number of halogens is 2. The van der Waals surface area contributed by atoms with Gasteiger partial charge in [0.25, 0.3) is 0 Å². The largest absolute Gasteiger partial charge is 0.281 e. The van der Waals surface area contributed by atoms with Crippen LogP contribution in [0.2, 0.25) is 5.15 Å². The molecule has 5 nitrogen and oxygen atoms in total. The highest BCUT2D eigenvalue weighted by molar-refractivity contribution is 7.90. The third-order valence-electron chi connectivity index (χ3n) is 3.24. The standard InChI is InChI=1S/C15H11ClFN3O2S/c1-23(21,22)12-6-7-13(18-8-12)20-9-19-15(16)14(20)10-2-4-11(17)5-3-10/h2-9H,1H3. The van der Waals surface area contributed by atoms with Gasteiger partial charge in [-0.25, -0.2) is 22.8 Å². The summed E-state index contributed by atoms with van der Waals surface area (Å²) >= 11 is 6.12. The molecule has 0 aliphatic carbocycles. The molecule has 1 aromatic carbocycles. The molecular formula is C15H11ClFN3O2S. The number of imidazole rings is 1. The minimum absolute atomic E-state index is 0.121. The summed E-state index contributed by atoms with van der Waals surface area (Å²) < 4.78 is 37.7. The maximum Gasteiger partial charge on any atom is 0.177 e. The third kappa shape index (κ3) is 3.11. The number of hydrogen-bond donors (Lipinski definition) is 0. The van der Waals surface area contributed by atoms with E-state index in [1.165, 1.54) is 30.7 Å².